The fourth-order valence-corrected chi connectivity index (χ4v) is 1.30. The molecule has 0 saturated carbocycles. The van der Waals surface area contributed by atoms with Crippen molar-refractivity contribution in [2.75, 3.05) is 0 Å². The van der Waals surface area contributed by atoms with Crippen molar-refractivity contribution in [3.05, 3.63) is 33.1 Å². The molecule has 0 fully saturated rings. The fraction of sp³-hybridized carbons (Fsp3) is 0. The first-order chi connectivity index (χ1) is 5.04. The first kappa shape index (κ1) is 3.37. The molecule has 0 aromatic heterocycles. The Morgan fingerprint density at radius 3 is 2.25 bits per heavy atom. The van der Waals surface area contributed by atoms with E-state index in [-0.39, 0.29) is 18.1 Å². The minimum absolute atomic E-state index is 0.0539. The van der Waals surface area contributed by atoms with Gasteiger partial charge in [0.05, 0.1) is 4.11 Å². The maximum atomic E-state index is 7.31. The van der Waals surface area contributed by atoms with Crippen LogP contribution < -0.4 is 0 Å². The first-order valence-corrected chi connectivity index (χ1v) is 3.54. The van der Waals surface area contributed by atoms with Gasteiger partial charge in [0.25, 0.3) is 0 Å². The Morgan fingerprint density at radius 1 is 1.25 bits per heavy atom. The zero-order chi connectivity index (χ0) is 8.59. The van der Waals surface area contributed by atoms with Gasteiger partial charge >= 0.3 is 0 Å². The van der Waals surface area contributed by atoms with E-state index < -0.39 is 0 Å². The Labute approximate surface area is 69.4 Å². The van der Waals surface area contributed by atoms with Gasteiger partial charge in [-0.3, -0.25) is 0 Å². The van der Waals surface area contributed by atoms with Crippen molar-refractivity contribution in [2.45, 2.75) is 0 Å². The molecule has 0 atom stereocenters. The number of hydrogen-bond donors (Lipinski definition) is 0. The second-order valence-electron chi connectivity index (χ2n) is 1.22. The van der Waals surface area contributed by atoms with E-state index in [4.69, 9.17) is 4.11 Å². The maximum absolute atomic E-state index is 7.31. The highest BCUT2D eigenvalue weighted by Crippen LogP contribution is 2.15. The molecular formula is C6H4Br2. The third-order valence-corrected chi connectivity index (χ3v) is 1.47. The summed E-state index contributed by atoms with van der Waals surface area (Å²) in [5.74, 6) is 0. The van der Waals surface area contributed by atoms with Gasteiger partial charge in [-0.1, -0.05) is 37.9 Å². The first-order valence-electron chi connectivity index (χ1n) is 3.46. The average Bonchev–Trinajstić information content (AvgIpc) is 1.97. The highest BCUT2D eigenvalue weighted by atomic mass is 79.9. The summed E-state index contributed by atoms with van der Waals surface area (Å²) in [6.45, 7) is 0. The lowest BCUT2D eigenvalue weighted by molar-refractivity contribution is 1.60. The van der Waals surface area contributed by atoms with Crippen LogP contribution in [0.3, 0.4) is 0 Å². The van der Waals surface area contributed by atoms with E-state index in [1.165, 1.54) is 0 Å². The molecular weight excluding hydrogens is 232 g/mol. The molecule has 0 heterocycles. The summed E-state index contributed by atoms with van der Waals surface area (Å²) in [4.78, 5) is 0. The van der Waals surface area contributed by atoms with Crippen molar-refractivity contribution in [1.82, 2.24) is 0 Å². The quantitative estimate of drug-likeness (QED) is 0.651. The normalized spacial score (nSPS) is 14.5. The molecule has 2 heteroatoms. The zero-order valence-electron chi connectivity index (χ0n) is 6.83. The lowest BCUT2D eigenvalue weighted by Gasteiger charge is -1.87. The smallest absolute Gasteiger partial charge is 0.0600 e. The molecule has 0 saturated heterocycles. The molecule has 1 rings (SSSR count). The van der Waals surface area contributed by atoms with Gasteiger partial charge in [0.1, 0.15) is 0 Å². The third-order valence-electron chi connectivity index (χ3n) is 0.617. The molecule has 0 aliphatic rings. The Bertz CT molecular complexity index is 272. The van der Waals surface area contributed by atoms with E-state index in [0.717, 1.165) is 0 Å². The van der Waals surface area contributed by atoms with Crippen LogP contribution in [-0.2, 0) is 0 Å². The van der Waals surface area contributed by atoms with E-state index in [1.807, 2.05) is 0 Å². The maximum Gasteiger partial charge on any atom is 0.0635 e. The molecule has 8 heavy (non-hydrogen) atoms. The van der Waals surface area contributed by atoms with Gasteiger partial charge in [-0.15, -0.1) is 0 Å². The molecule has 0 radical (unpaired) electrons. The van der Waals surface area contributed by atoms with E-state index in [0.29, 0.717) is 8.95 Å². The number of halogens is 2. The summed E-state index contributed by atoms with van der Waals surface area (Å²) < 4.78 is 23.0. The largest absolute Gasteiger partial charge is 0.0635 e. The van der Waals surface area contributed by atoms with Gasteiger partial charge in [0.2, 0.25) is 0 Å². The Morgan fingerprint density at radius 2 is 1.75 bits per heavy atom. The summed E-state index contributed by atoms with van der Waals surface area (Å²) in [6, 6.07) is 1.64. The Balaban J connectivity index is 3.46. The number of rotatable bonds is 0. The standard InChI is InChI=1S/C6H4Br2/c7-5-2-1-3-6(8)4-5/h1-4H/i1D,2D,3D. The van der Waals surface area contributed by atoms with Crippen LogP contribution in [0.25, 0.3) is 0 Å². The van der Waals surface area contributed by atoms with Crippen LogP contribution in [0.4, 0.5) is 0 Å². The molecule has 1 aromatic carbocycles. The van der Waals surface area contributed by atoms with Gasteiger partial charge in [0.15, 0.2) is 0 Å². The van der Waals surface area contributed by atoms with Crippen LogP contribution in [0.1, 0.15) is 4.11 Å². The fourth-order valence-electron chi connectivity index (χ4n) is 0.334. The molecule has 42 valence electrons. The predicted octanol–water partition coefficient (Wildman–Crippen LogP) is 3.21. The highest BCUT2D eigenvalue weighted by Gasteiger charge is 1.84. The number of hydrogen-bond acceptors (Lipinski definition) is 0. The number of benzene rings is 1. The SMILES string of the molecule is [2H]c1c(Br)cc(Br)c([2H])c1[2H]. The molecule has 0 spiro atoms. The predicted molar refractivity (Wildman–Crippen MR) is 41.8 cm³/mol. The molecule has 0 aliphatic heterocycles. The van der Waals surface area contributed by atoms with Crippen LogP contribution in [0.15, 0.2) is 33.1 Å². The molecule has 0 amide bonds. The molecule has 0 bridgehead atoms. The van der Waals surface area contributed by atoms with Gasteiger partial charge in [-0.05, 0) is 18.2 Å². The molecule has 1 aromatic rings. The summed E-state index contributed by atoms with van der Waals surface area (Å²) >= 11 is 6.22. The minimum atomic E-state index is -0.0637. The summed E-state index contributed by atoms with van der Waals surface area (Å²) in [7, 11) is 0. The molecule has 0 N–H and O–H groups in total. The summed E-state index contributed by atoms with van der Waals surface area (Å²) in [5.41, 5.74) is 0. The average molecular weight is 239 g/mol. The van der Waals surface area contributed by atoms with Crippen molar-refractivity contribution in [3.63, 3.8) is 0 Å². The van der Waals surface area contributed by atoms with Gasteiger partial charge < -0.3 is 0 Å². The van der Waals surface area contributed by atoms with Crippen molar-refractivity contribution in [3.8, 4) is 0 Å². The lowest BCUT2D eigenvalue weighted by atomic mass is 10.4. The van der Waals surface area contributed by atoms with Crippen LogP contribution in [0.5, 0.6) is 0 Å². The lowest BCUT2D eigenvalue weighted by Crippen LogP contribution is -1.61. The molecule has 0 nitrogen and oxygen atoms in total. The van der Waals surface area contributed by atoms with E-state index in [9.17, 15) is 0 Å². The van der Waals surface area contributed by atoms with Crippen molar-refractivity contribution < 1.29 is 4.11 Å². The second kappa shape index (κ2) is 2.65. The zero-order valence-corrected chi connectivity index (χ0v) is 7.01. The summed E-state index contributed by atoms with van der Waals surface area (Å²) in [6.07, 6.45) is 0. The summed E-state index contributed by atoms with van der Waals surface area (Å²) in [5, 5.41) is 0. The van der Waals surface area contributed by atoms with Crippen LogP contribution in [0.2, 0.25) is 0 Å². The molecule has 0 unspecified atom stereocenters. The topological polar surface area (TPSA) is 0 Å². The van der Waals surface area contributed by atoms with Gasteiger partial charge in [-0.25, -0.2) is 0 Å². The Hall–Kier alpha value is 0.180. The van der Waals surface area contributed by atoms with Crippen LogP contribution >= 0.6 is 31.9 Å². The van der Waals surface area contributed by atoms with Crippen molar-refractivity contribution in [2.24, 2.45) is 0 Å². The minimum Gasteiger partial charge on any atom is -0.0600 e. The van der Waals surface area contributed by atoms with Gasteiger partial charge in [0, 0.05) is 8.95 Å². The van der Waals surface area contributed by atoms with E-state index in [2.05, 4.69) is 31.9 Å². The third kappa shape index (κ3) is 1.60. The van der Waals surface area contributed by atoms with Crippen molar-refractivity contribution in [1.29, 1.82) is 0 Å². The van der Waals surface area contributed by atoms with Crippen LogP contribution in [0, 0.1) is 0 Å². The van der Waals surface area contributed by atoms with E-state index in [1.54, 1.807) is 6.07 Å². The van der Waals surface area contributed by atoms with Crippen LogP contribution in [-0.4, -0.2) is 0 Å². The second-order valence-corrected chi connectivity index (χ2v) is 2.92. The monoisotopic (exact) mass is 237 g/mol. The molecule has 0 aliphatic carbocycles. The van der Waals surface area contributed by atoms with Gasteiger partial charge in [-0.2, -0.15) is 0 Å². The Kier molecular flexibility index (Phi) is 1.12. The highest BCUT2D eigenvalue weighted by molar-refractivity contribution is 9.11. The van der Waals surface area contributed by atoms with Crippen molar-refractivity contribution >= 4 is 31.9 Å². The van der Waals surface area contributed by atoms with E-state index >= 15 is 0 Å².